The van der Waals surface area contributed by atoms with Crippen LogP contribution in [-0.2, 0) is 10.3 Å². The highest BCUT2D eigenvalue weighted by Crippen LogP contribution is 2.19. The Morgan fingerprint density at radius 1 is 1.43 bits per heavy atom. The molecule has 0 bridgehead atoms. The Hall–Kier alpha value is -1.35. The van der Waals surface area contributed by atoms with Gasteiger partial charge in [-0.1, -0.05) is 36.8 Å². The third kappa shape index (κ3) is 1.77. The van der Waals surface area contributed by atoms with Crippen molar-refractivity contribution in [1.29, 1.82) is 0 Å². The number of rotatable bonds is 3. The van der Waals surface area contributed by atoms with E-state index in [0.29, 0.717) is 12.0 Å². The summed E-state index contributed by atoms with van der Waals surface area (Å²) in [6.07, 6.45) is 0.429. The molecule has 0 saturated heterocycles. The summed E-state index contributed by atoms with van der Waals surface area (Å²) in [6, 6.07) is 7.35. The second-order valence-electron chi connectivity index (χ2n) is 3.59. The lowest BCUT2D eigenvalue weighted by atomic mass is 9.88. The minimum Gasteiger partial charge on any atom is -0.543 e. The Balaban J connectivity index is 3.13. The Morgan fingerprint density at radius 3 is 2.29 bits per heavy atom. The molecule has 1 rings (SSSR count). The summed E-state index contributed by atoms with van der Waals surface area (Å²) in [5.74, 6) is -1.12. The fraction of sp³-hybridized carbons (Fsp3) is 0.364. The van der Waals surface area contributed by atoms with Gasteiger partial charge in [-0.3, -0.25) is 0 Å². The van der Waals surface area contributed by atoms with Gasteiger partial charge in [-0.2, -0.15) is 0 Å². The molecule has 3 nitrogen and oxygen atoms in total. The molecular weight excluding hydrogens is 178 g/mol. The van der Waals surface area contributed by atoms with Crippen molar-refractivity contribution in [1.82, 2.24) is 0 Å². The first kappa shape index (κ1) is 10.7. The van der Waals surface area contributed by atoms with E-state index in [-0.39, 0.29) is 0 Å². The summed E-state index contributed by atoms with van der Waals surface area (Å²) < 4.78 is 0. The quantitative estimate of drug-likeness (QED) is 0.709. The first-order valence-corrected chi connectivity index (χ1v) is 4.64. The molecule has 0 amide bonds. The average Bonchev–Trinajstić information content (AvgIpc) is 2.17. The van der Waals surface area contributed by atoms with E-state index in [1.54, 1.807) is 19.1 Å². The van der Waals surface area contributed by atoms with Crippen LogP contribution in [0.3, 0.4) is 0 Å². The fourth-order valence-corrected chi connectivity index (χ4v) is 1.34. The number of carbonyl (C=O) groups is 1. The monoisotopic (exact) mass is 193 g/mol. The molecule has 0 heterocycles. The van der Waals surface area contributed by atoms with Crippen LogP contribution in [0, 0.1) is 6.92 Å². The highest BCUT2D eigenvalue weighted by molar-refractivity contribution is 5.76. The molecule has 0 spiro atoms. The number of hydrogen-bond donors (Lipinski definition) is 1. The predicted octanol–water partition coefficient (Wildman–Crippen LogP) is -0.408. The number of quaternary nitrogens is 1. The van der Waals surface area contributed by atoms with Crippen LogP contribution in [0.4, 0.5) is 0 Å². The third-order valence-corrected chi connectivity index (χ3v) is 2.60. The van der Waals surface area contributed by atoms with Crippen molar-refractivity contribution in [2.45, 2.75) is 25.8 Å². The molecule has 0 unspecified atom stereocenters. The molecule has 0 radical (unpaired) electrons. The van der Waals surface area contributed by atoms with E-state index in [0.717, 1.165) is 5.56 Å². The van der Waals surface area contributed by atoms with Crippen LogP contribution in [0.15, 0.2) is 24.3 Å². The SMILES string of the molecule is CC[C@@]([NH3+])(C(=O)[O-])c1ccc(C)cc1. The van der Waals surface area contributed by atoms with Gasteiger partial charge < -0.3 is 15.6 Å². The van der Waals surface area contributed by atoms with Crippen molar-refractivity contribution in [2.75, 3.05) is 0 Å². The van der Waals surface area contributed by atoms with E-state index in [4.69, 9.17) is 0 Å². The number of carbonyl (C=O) groups excluding carboxylic acids is 1. The molecular formula is C11H15NO2. The number of aliphatic carboxylic acids is 1. The lowest BCUT2D eigenvalue weighted by Gasteiger charge is -2.25. The van der Waals surface area contributed by atoms with Crippen LogP contribution in [0.5, 0.6) is 0 Å². The van der Waals surface area contributed by atoms with E-state index in [2.05, 4.69) is 5.73 Å². The van der Waals surface area contributed by atoms with E-state index < -0.39 is 11.5 Å². The van der Waals surface area contributed by atoms with Gasteiger partial charge in [-0.25, -0.2) is 0 Å². The summed E-state index contributed by atoms with van der Waals surface area (Å²) in [4.78, 5) is 11.0. The largest absolute Gasteiger partial charge is 0.543 e. The Morgan fingerprint density at radius 2 is 1.93 bits per heavy atom. The molecule has 76 valence electrons. The van der Waals surface area contributed by atoms with Gasteiger partial charge in [0.05, 0.1) is 0 Å². The van der Waals surface area contributed by atoms with Gasteiger partial charge in [0.15, 0.2) is 5.54 Å². The number of carboxylic acids is 1. The minimum absolute atomic E-state index is 0.429. The molecule has 3 N–H and O–H groups in total. The Kier molecular flexibility index (Phi) is 2.91. The molecule has 1 atom stereocenters. The molecule has 0 saturated carbocycles. The first-order chi connectivity index (χ1) is 6.50. The molecule has 0 aliphatic carbocycles. The zero-order chi connectivity index (χ0) is 10.8. The second-order valence-corrected chi connectivity index (χ2v) is 3.59. The molecule has 1 aromatic rings. The van der Waals surface area contributed by atoms with E-state index >= 15 is 0 Å². The Bertz CT molecular complexity index is 332. The van der Waals surface area contributed by atoms with Gasteiger partial charge in [0, 0.05) is 12.0 Å². The lowest BCUT2D eigenvalue weighted by Crippen LogP contribution is -2.76. The second kappa shape index (κ2) is 3.80. The number of hydrogen-bond acceptors (Lipinski definition) is 2. The van der Waals surface area contributed by atoms with Gasteiger partial charge in [0.25, 0.3) is 0 Å². The van der Waals surface area contributed by atoms with E-state index in [9.17, 15) is 9.90 Å². The van der Waals surface area contributed by atoms with Gasteiger partial charge in [-0.15, -0.1) is 0 Å². The maximum absolute atomic E-state index is 11.0. The molecule has 0 fully saturated rings. The maximum atomic E-state index is 11.0. The summed E-state index contributed by atoms with van der Waals surface area (Å²) in [5, 5.41) is 11.0. The Labute approximate surface area is 83.6 Å². The maximum Gasteiger partial charge on any atom is 0.160 e. The minimum atomic E-state index is -1.12. The molecule has 1 aromatic carbocycles. The van der Waals surface area contributed by atoms with Crippen molar-refractivity contribution in [3.05, 3.63) is 35.4 Å². The number of aryl methyl sites for hydroxylation is 1. The summed E-state index contributed by atoms with van der Waals surface area (Å²) in [7, 11) is 0. The molecule has 0 aliphatic rings. The van der Waals surface area contributed by atoms with E-state index in [1.165, 1.54) is 0 Å². The smallest absolute Gasteiger partial charge is 0.160 e. The van der Waals surface area contributed by atoms with Crippen molar-refractivity contribution in [2.24, 2.45) is 0 Å². The van der Waals surface area contributed by atoms with Crippen LogP contribution in [0.2, 0.25) is 0 Å². The fourth-order valence-electron chi connectivity index (χ4n) is 1.34. The molecule has 0 aromatic heterocycles. The molecule has 14 heavy (non-hydrogen) atoms. The van der Waals surface area contributed by atoms with Crippen LogP contribution >= 0.6 is 0 Å². The lowest BCUT2D eigenvalue weighted by molar-refractivity contribution is -0.495. The van der Waals surface area contributed by atoms with Crippen molar-refractivity contribution in [3.63, 3.8) is 0 Å². The standard InChI is InChI=1S/C11H15NO2/c1-3-11(12,10(13)14)9-6-4-8(2)5-7-9/h4-7H,3,12H2,1-2H3,(H,13,14)/t11-/m0/s1. The topological polar surface area (TPSA) is 67.8 Å². The van der Waals surface area contributed by atoms with Crippen LogP contribution in [0.1, 0.15) is 24.5 Å². The normalized spacial score (nSPS) is 14.8. The average molecular weight is 193 g/mol. The first-order valence-electron chi connectivity index (χ1n) is 4.64. The zero-order valence-corrected chi connectivity index (χ0v) is 8.54. The van der Waals surface area contributed by atoms with Gasteiger partial charge >= 0.3 is 0 Å². The van der Waals surface area contributed by atoms with Crippen LogP contribution in [0.25, 0.3) is 0 Å². The molecule has 3 heteroatoms. The van der Waals surface area contributed by atoms with Gasteiger partial charge in [0.2, 0.25) is 0 Å². The highest BCUT2D eigenvalue weighted by Gasteiger charge is 2.31. The highest BCUT2D eigenvalue weighted by atomic mass is 16.4. The zero-order valence-electron chi connectivity index (χ0n) is 8.54. The molecule has 0 aliphatic heterocycles. The summed E-state index contributed by atoms with van der Waals surface area (Å²) in [5.41, 5.74) is 4.41. The van der Waals surface area contributed by atoms with Crippen molar-refractivity contribution in [3.8, 4) is 0 Å². The number of carboxylic acid groups (broad SMARTS) is 1. The summed E-state index contributed by atoms with van der Waals surface area (Å²) >= 11 is 0. The summed E-state index contributed by atoms with van der Waals surface area (Å²) in [6.45, 7) is 3.75. The van der Waals surface area contributed by atoms with Crippen LogP contribution < -0.4 is 10.8 Å². The van der Waals surface area contributed by atoms with E-state index in [1.807, 2.05) is 19.1 Å². The van der Waals surface area contributed by atoms with Gasteiger partial charge in [-0.05, 0) is 6.92 Å². The predicted molar refractivity (Wildman–Crippen MR) is 51.0 cm³/mol. The number of benzene rings is 1. The van der Waals surface area contributed by atoms with Crippen molar-refractivity contribution >= 4 is 5.97 Å². The van der Waals surface area contributed by atoms with Crippen molar-refractivity contribution < 1.29 is 15.6 Å². The third-order valence-electron chi connectivity index (χ3n) is 2.60. The van der Waals surface area contributed by atoms with Gasteiger partial charge in [0.1, 0.15) is 5.97 Å². The van der Waals surface area contributed by atoms with Crippen LogP contribution in [-0.4, -0.2) is 5.97 Å².